The molecule has 130 valence electrons. The molecule has 0 saturated carbocycles. The summed E-state index contributed by atoms with van der Waals surface area (Å²) in [5, 5.41) is 1.78. The summed E-state index contributed by atoms with van der Waals surface area (Å²) in [5.74, 6) is 0.107. The molecule has 0 fully saturated rings. The van der Waals surface area contributed by atoms with E-state index in [0.717, 1.165) is 20.8 Å². The first-order chi connectivity index (χ1) is 11.2. The van der Waals surface area contributed by atoms with Crippen LogP contribution in [0.15, 0.2) is 5.03 Å². The maximum Gasteiger partial charge on any atom is 0.317 e. The van der Waals surface area contributed by atoms with Gasteiger partial charge in [-0.15, -0.1) is 11.3 Å². The van der Waals surface area contributed by atoms with Crippen LogP contribution in [0, 0.1) is 20.8 Å². The second-order valence-corrected chi connectivity index (χ2v) is 7.86. The van der Waals surface area contributed by atoms with E-state index in [9.17, 15) is 9.59 Å². The van der Waals surface area contributed by atoms with Gasteiger partial charge in [0.05, 0.1) is 5.75 Å². The Bertz CT molecular complexity index is 786. The molecule has 0 aromatic carbocycles. The molecule has 0 aliphatic heterocycles. The van der Waals surface area contributed by atoms with E-state index >= 15 is 0 Å². The van der Waals surface area contributed by atoms with Crippen LogP contribution in [0.1, 0.15) is 23.2 Å². The number of hydrogen-bond acceptors (Lipinski definition) is 7. The average Bonchev–Trinajstić information content (AvgIpc) is 2.78. The van der Waals surface area contributed by atoms with Crippen LogP contribution in [0.4, 0.5) is 0 Å². The second kappa shape index (κ2) is 7.48. The van der Waals surface area contributed by atoms with Gasteiger partial charge in [-0.2, -0.15) is 0 Å². The van der Waals surface area contributed by atoms with E-state index in [0.29, 0.717) is 5.82 Å². The van der Waals surface area contributed by atoms with Crippen molar-refractivity contribution >= 4 is 45.2 Å². The number of hydrogen-bond donors (Lipinski definition) is 0. The van der Waals surface area contributed by atoms with Gasteiger partial charge in [-0.1, -0.05) is 11.8 Å². The molecule has 2 aromatic heterocycles. The van der Waals surface area contributed by atoms with Crippen LogP contribution in [0.3, 0.4) is 0 Å². The summed E-state index contributed by atoms with van der Waals surface area (Å²) >= 11 is 2.95. The summed E-state index contributed by atoms with van der Waals surface area (Å²) < 4.78 is 5.18. The standard InChI is InChI=1S/C16H21N3O3S2/c1-8-10(3)24-15-13(8)14(17-11(4)18-15)23-7-12(20)22-9(2)16(21)19(5)6/h9H,7H2,1-6H3/t9-/m0/s1. The minimum Gasteiger partial charge on any atom is -0.452 e. The van der Waals surface area contributed by atoms with Gasteiger partial charge in [0.2, 0.25) is 0 Å². The van der Waals surface area contributed by atoms with Gasteiger partial charge in [0.15, 0.2) is 6.10 Å². The SMILES string of the molecule is Cc1nc(SCC(=O)O[C@@H](C)C(=O)N(C)C)c2c(C)c(C)sc2n1. The molecular weight excluding hydrogens is 346 g/mol. The zero-order valence-electron chi connectivity index (χ0n) is 14.7. The van der Waals surface area contributed by atoms with Crippen LogP contribution in [-0.2, 0) is 14.3 Å². The Labute approximate surface area is 149 Å². The maximum atomic E-state index is 12.0. The highest BCUT2D eigenvalue weighted by atomic mass is 32.2. The molecule has 2 rings (SSSR count). The van der Waals surface area contributed by atoms with Gasteiger partial charge in [0.25, 0.3) is 5.91 Å². The normalized spacial score (nSPS) is 12.2. The number of carbonyl (C=O) groups excluding carboxylic acids is 2. The van der Waals surface area contributed by atoms with Crippen molar-refractivity contribution < 1.29 is 14.3 Å². The number of fused-ring (bicyclic) bond motifs is 1. The Kier molecular flexibility index (Phi) is 5.82. The zero-order chi connectivity index (χ0) is 18.0. The lowest BCUT2D eigenvalue weighted by atomic mass is 10.2. The second-order valence-electron chi connectivity index (χ2n) is 5.69. The smallest absolute Gasteiger partial charge is 0.317 e. The number of amides is 1. The fourth-order valence-electron chi connectivity index (χ4n) is 2.19. The Hall–Kier alpha value is -1.67. The first-order valence-electron chi connectivity index (χ1n) is 7.48. The Balaban J connectivity index is 2.11. The molecule has 0 radical (unpaired) electrons. The van der Waals surface area contributed by atoms with Crippen LogP contribution >= 0.6 is 23.1 Å². The minimum absolute atomic E-state index is 0.102. The molecule has 1 atom stereocenters. The van der Waals surface area contributed by atoms with E-state index < -0.39 is 12.1 Å². The molecular formula is C16H21N3O3S2. The fraction of sp³-hybridized carbons (Fsp3) is 0.500. The van der Waals surface area contributed by atoms with E-state index in [1.165, 1.54) is 21.5 Å². The van der Waals surface area contributed by atoms with Crippen molar-refractivity contribution in [1.82, 2.24) is 14.9 Å². The molecule has 8 heteroatoms. The van der Waals surface area contributed by atoms with Crippen molar-refractivity contribution in [3.05, 3.63) is 16.3 Å². The number of rotatable bonds is 5. The Morgan fingerprint density at radius 2 is 1.92 bits per heavy atom. The van der Waals surface area contributed by atoms with Gasteiger partial charge in [0, 0.05) is 24.4 Å². The quantitative estimate of drug-likeness (QED) is 0.460. The van der Waals surface area contributed by atoms with E-state index in [2.05, 4.69) is 9.97 Å². The van der Waals surface area contributed by atoms with E-state index in [-0.39, 0.29) is 11.7 Å². The monoisotopic (exact) mass is 367 g/mol. The third-order valence-corrected chi connectivity index (χ3v) is 5.58. The minimum atomic E-state index is -0.787. The largest absolute Gasteiger partial charge is 0.452 e. The van der Waals surface area contributed by atoms with Crippen LogP contribution in [0.2, 0.25) is 0 Å². The van der Waals surface area contributed by atoms with Crippen LogP contribution in [-0.4, -0.2) is 52.7 Å². The van der Waals surface area contributed by atoms with Crippen molar-refractivity contribution in [3.63, 3.8) is 0 Å². The third kappa shape index (κ3) is 4.05. The lowest BCUT2D eigenvalue weighted by Gasteiger charge is -2.17. The van der Waals surface area contributed by atoms with E-state index in [1.807, 2.05) is 20.8 Å². The number of likely N-dealkylation sites (N-methyl/N-ethyl adjacent to an activating group) is 1. The van der Waals surface area contributed by atoms with Gasteiger partial charge >= 0.3 is 5.97 Å². The molecule has 0 bridgehead atoms. The predicted octanol–water partition coefficient (Wildman–Crippen LogP) is 2.73. The highest BCUT2D eigenvalue weighted by Crippen LogP contribution is 2.35. The number of thiophene rings is 1. The van der Waals surface area contributed by atoms with Gasteiger partial charge in [-0.25, -0.2) is 9.97 Å². The van der Waals surface area contributed by atoms with Crippen LogP contribution in [0.5, 0.6) is 0 Å². The molecule has 2 aromatic rings. The maximum absolute atomic E-state index is 12.0. The van der Waals surface area contributed by atoms with E-state index in [4.69, 9.17) is 4.74 Å². The number of ether oxygens (including phenoxy) is 1. The summed E-state index contributed by atoms with van der Waals surface area (Å²) in [6, 6.07) is 0. The van der Waals surface area contributed by atoms with Crippen LogP contribution in [0.25, 0.3) is 10.2 Å². The average molecular weight is 367 g/mol. The lowest BCUT2D eigenvalue weighted by Crippen LogP contribution is -2.35. The van der Waals surface area contributed by atoms with Gasteiger partial charge in [-0.3, -0.25) is 9.59 Å². The highest BCUT2D eigenvalue weighted by Gasteiger charge is 2.20. The zero-order valence-corrected chi connectivity index (χ0v) is 16.3. The van der Waals surface area contributed by atoms with Crippen LogP contribution < -0.4 is 0 Å². The summed E-state index contributed by atoms with van der Waals surface area (Å²) in [5.41, 5.74) is 1.14. The molecule has 0 unspecified atom stereocenters. The van der Waals surface area contributed by atoms with Crippen molar-refractivity contribution in [2.24, 2.45) is 0 Å². The molecule has 2 heterocycles. The number of nitrogens with zero attached hydrogens (tertiary/aromatic N) is 3. The molecule has 0 spiro atoms. The number of thioether (sulfide) groups is 1. The fourth-order valence-corrected chi connectivity index (χ4v) is 4.24. The lowest BCUT2D eigenvalue weighted by molar-refractivity contribution is -0.155. The predicted molar refractivity (Wildman–Crippen MR) is 96.6 cm³/mol. The van der Waals surface area contributed by atoms with Crippen molar-refractivity contribution in [3.8, 4) is 0 Å². The molecule has 0 aliphatic carbocycles. The highest BCUT2D eigenvalue weighted by molar-refractivity contribution is 8.00. The summed E-state index contributed by atoms with van der Waals surface area (Å²) in [6.45, 7) is 7.50. The van der Waals surface area contributed by atoms with Crippen molar-refractivity contribution in [2.75, 3.05) is 19.8 Å². The first kappa shape index (κ1) is 18.7. The topological polar surface area (TPSA) is 72.4 Å². The first-order valence-corrected chi connectivity index (χ1v) is 9.28. The Morgan fingerprint density at radius 3 is 2.54 bits per heavy atom. The number of carbonyl (C=O) groups is 2. The Morgan fingerprint density at radius 1 is 1.25 bits per heavy atom. The summed E-state index contributed by atoms with van der Waals surface area (Å²) in [4.78, 5) is 36.2. The van der Waals surface area contributed by atoms with Gasteiger partial charge < -0.3 is 9.64 Å². The number of aryl methyl sites for hydroxylation is 3. The molecule has 6 nitrogen and oxygen atoms in total. The van der Waals surface area contributed by atoms with Gasteiger partial charge in [-0.05, 0) is 33.3 Å². The third-order valence-electron chi connectivity index (χ3n) is 3.53. The summed E-state index contributed by atoms with van der Waals surface area (Å²) in [6.07, 6.45) is -0.787. The molecule has 0 aliphatic rings. The molecule has 24 heavy (non-hydrogen) atoms. The van der Waals surface area contributed by atoms with Crippen molar-refractivity contribution in [1.29, 1.82) is 0 Å². The van der Waals surface area contributed by atoms with Crippen molar-refractivity contribution in [2.45, 2.75) is 38.8 Å². The number of aromatic nitrogens is 2. The molecule has 0 saturated heterocycles. The van der Waals surface area contributed by atoms with E-state index in [1.54, 1.807) is 32.4 Å². The molecule has 1 amide bonds. The van der Waals surface area contributed by atoms with Gasteiger partial charge in [0.1, 0.15) is 15.7 Å². The summed E-state index contributed by atoms with van der Waals surface area (Å²) in [7, 11) is 3.26. The molecule has 0 N–H and O–H groups in total. The number of esters is 1.